The third kappa shape index (κ3) is 2.82. The predicted octanol–water partition coefficient (Wildman–Crippen LogP) is 4.63. The van der Waals surface area contributed by atoms with Gasteiger partial charge in [-0.1, -0.05) is 0 Å². The molecular weight excluding hydrogens is 387 g/mol. The van der Waals surface area contributed by atoms with E-state index in [0.29, 0.717) is 9.64 Å². The Bertz CT molecular complexity index is 661. The molecule has 0 aliphatic heterocycles. The van der Waals surface area contributed by atoms with Crippen LogP contribution in [0.4, 0.5) is 34.6 Å². The molecule has 0 heterocycles. The van der Waals surface area contributed by atoms with Crippen LogP contribution in [0.15, 0.2) is 24.3 Å². The van der Waals surface area contributed by atoms with Crippen LogP contribution >= 0.6 is 22.6 Å². The highest BCUT2D eigenvalue weighted by atomic mass is 127. The second-order valence-corrected chi connectivity index (χ2v) is 5.15. The Hall–Kier alpha value is -1.51. The van der Waals surface area contributed by atoms with Gasteiger partial charge in [-0.05, 0) is 40.8 Å². The van der Waals surface area contributed by atoms with E-state index in [-0.39, 0.29) is 11.4 Å². The number of anilines is 3. The number of hydrogen-bond acceptors (Lipinski definition) is 2. The van der Waals surface area contributed by atoms with Gasteiger partial charge in [0.15, 0.2) is 17.5 Å². The Kier molecular flexibility index (Phi) is 4.36. The fourth-order valence-electron chi connectivity index (χ4n) is 1.68. The summed E-state index contributed by atoms with van der Waals surface area (Å²) in [6.07, 6.45) is 0. The van der Waals surface area contributed by atoms with Gasteiger partial charge in [-0.15, -0.1) is 0 Å². The summed E-state index contributed by atoms with van der Waals surface area (Å²) in [6, 6.07) is 4.59. The minimum absolute atomic E-state index is 0.0779. The van der Waals surface area contributed by atoms with Crippen molar-refractivity contribution in [2.45, 2.75) is 0 Å². The van der Waals surface area contributed by atoms with E-state index in [9.17, 15) is 17.6 Å². The molecule has 0 unspecified atom stereocenters. The normalized spacial score (nSPS) is 10.5. The van der Waals surface area contributed by atoms with Gasteiger partial charge in [0.05, 0.1) is 11.4 Å². The number of hydrogen-bond donors (Lipinski definition) is 2. The van der Waals surface area contributed by atoms with Gasteiger partial charge in [-0.2, -0.15) is 0 Å². The van der Waals surface area contributed by atoms with Crippen molar-refractivity contribution in [3.63, 3.8) is 0 Å². The maximum absolute atomic E-state index is 13.8. The Morgan fingerprint density at radius 3 is 2.20 bits per heavy atom. The zero-order valence-corrected chi connectivity index (χ0v) is 12.4. The monoisotopic (exact) mass is 396 g/mol. The van der Waals surface area contributed by atoms with Crippen LogP contribution in [0.2, 0.25) is 0 Å². The molecule has 0 aliphatic carbocycles. The quantitative estimate of drug-likeness (QED) is 0.449. The van der Waals surface area contributed by atoms with E-state index < -0.39 is 29.0 Å². The summed E-state index contributed by atoms with van der Waals surface area (Å²) >= 11 is 1.91. The second-order valence-electron chi connectivity index (χ2n) is 3.90. The van der Waals surface area contributed by atoms with Crippen molar-refractivity contribution in [3.05, 3.63) is 51.1 Å². The molecule has 0 atom stereocenters. The molecule has 0 aliphatic rings. The molecule has 7 heteroatoms. The van der Waals surface area contributed by atoms with Gasteiger partial charge in [-0.25, -0.2) is 17.6 Å². The van der Waals surface area contributed by atoms with Crippen LogP contribution in [-0.4, -0.2) is 7.05 Å². The van der Waals surface area contributed by atoms with Crippen molar-refractivity contribution < 1.29 is 17.6 Å². The van der Waals surface area contributed by atoms with Crippen molar-refractivity contribution in [2.75, 3.05) is 17.7 Å². The molecule has 106 valence electrons. The van der Waals surface area contributed by atoms with Crippen LogP contribution in [0.5, 0.6) is 0 Å². The number of halogens is 5. The van der Waals surface area contributed by atoms with Gasteiger partial charge in [0.2, 0.25) is 0 Å². The first-order chi connectivity index (χ1) is 9.43. The summed E-state index contributed by atoms with van der Waals surface area (Å²) in [6.45, 7) is 0. The molecule has 20 heavy (non-hydrogen) atoms. The molecule has 0 aromatic heterocycles. The van der Waals surface area contributed by atoms with Gasteiger partial charge in [0.25, 0.3) is 0 Å². The maximum atomic E-state index is 13.8. The molecular formula is C13H9F4IN2. The van der Waals surface area contributed by atoms with E-state index in [1.165, 1.54) is 19.2 Å². The Balaban J connectivity index is 2.52. The molecule has 2 rings (SSSR count). The van der Waals surface area contributed by atoms with Crippen molar-refractivity contribution in [2.24, 2.45) is 0 Å². The molecule has 2 aromatic carbocycles. The van der Waals surface area contributed by atoms with Crippen molar-refractivity contribution >= 4 is 39.7 Å². The van der Waals surface area contributed by atoms with Gasteiger partial charge >= 0.3 is 0 Å². The van der Waals surface area contributed by atoms with Crippen molar-refractivity contribution in [1.82, 2.24) is 0 Å². The average molecular weight is 396 g/mol. The molecule has 2 nitrogen and oxygen atoms in total. The van der Waals surface area contributed by atoms with Gasteiger partial charge < -0.3 is 10.6 Å². The highest BCUT2D eigenvalue weighted by Crippen LogP contribution is 2.33. The minimum Gasteiger partial charge on any atom is -0.384 e. The number of nitrogens with one attached hydrogen (secondary N) is 2. The summed E-state index contributed by atoms with van der Waals surface area (Å²) in [5.74, 6) is -4.26. The van der Waals surface area contributed by atoms with Crippen LogP contribution in [0.25, 0.3) is 0 Å². The Morgan fingerprint density at radius 2 is 1.60 bits per heavy atom. The van der Waals surface area contributed by atoms with E-state index >= 15 is 0 Å². The van der Waals surface area contributed by atoms with Crippen LogP contribution in [-0.2, 0) is 0 Å². The average Bonchev–Trinajstić information content (AvgIpc) is 2.38. The highest BCUT2D eigenvalue weighted by Gasteiger charge is 2.19. The minimum atomic E-state index is -1.35. The molecule has 0 bridgehead atoms. The van der Waals surface area contributed by atoms with Crippen molar-refractivity contribution in [1.29, 1.82) is 0 Å². The predicted molar refractivity (Wildman–Crippen MR) is 78.3 cm³/mol. The number of rotatable bonds is 3. The third-order valence-electron chi connectivity index (χ3n) is 2.61. The van der Waals surface area contributed by atoms with Gasteiger partial charge in [0.1, 0.15) is 11.5 Å². The van der Waals surface area contributed by atoms with Crippen LogP contribution < -0.4 is 10.6 Å². The van der Waals surface area contributed by atoms with Crippen molar-refractivity contribution in [3.8, 4) is 0 Å². The smallest absolute Gasteiger partial charge is 0.184 e. The zero-order valence-electron chi connectivity index (χ0n) is 10.2. The summed E-state index contributed by atoms with van der Waals surface area (Å²) in [5, 5.41) is 4.79. The molecule has 0 fully saturated rings. The molecule has 0 amide bonds. The van der Waals surface area contributed by atoms with E-state index in [2.05, 4.69) is 10.6 Å². The zero-order chi connectivity index (χ0) is 14.9. The van der Waals surface area contributed by atoms with E-state index in [4.69, 9.17) is 0 Å². The first-order valence-electron chi connectivity index (χ1n) is 5.51. The Labute approximate surface area is 126 Å². The molecule has 0 radical (unpaired) electrons. The molecule has 0 saturated heterocycles. The SMILES string of the molecule is CNc1c(F)cc(F)c(F)c1Nc1ccc(I)cc1F. The fraction of sp³-hybridized carbons (Fsp3) is 0.0769. The fourth-order valence-corrected chi connectivity index (χ4v) is 2.14. The lowest BCUT2D eigenvalue weighted by molar-refractivity contribution is 0.499. The Morgan fingerprint density at radius 1 is 0.900 bits per heavy atom. The van der Waals surface area contributed by atoms with Crippen LogP contribution in [0.1, 0.15) is 0 Å². The van der Waals surface area contributed by atoms with Crippen LogP contribution in [0.3, 0.4) is 0 Å². The first-order valence-corrected chi connectivity index (χ1v) is 6.59. The molecule has 2 aromatic rings. The molecule has 2 N–H and O–H groups in total. The van der Waals surface area contributed by atoms with Gasteiger partial charge in [0, 0.05) is 16.7 Å². The molecule has 0 saturated carbocycles. The summed E-state index contributed by atoms with van der Waals surface area (Å²) in [5.41, 5.74) is -0.835. The number of benzene rings is 2. The van der Waals surface area contributed by atoms with Gasteiger partial charge in [-0.3, -0.25) is 0 Å². The topological polar surface area (TPSA) is 24.1 Å². The van der Waals surface area contributed by atoms with Crippen LogP contribution in [0, 0.1) is 26.8 Å². The maximum Gasteiger partial charge on any atom is 0.184 e. The summed E-state index contributed by atoms with van der Waals surface area (Å²) in [4.78, 5) is 0. The summed E-state index contributed by atoms with van der Waals surface area (Å²) in [7, 11) is 1.35. The van der Waals surface area contributed by atoms with E-state index in [0.717, 1.165) is 0 Å². The largest absolute Gasteiger partial charge is 0.384 e. The second kappa shape index (κ2) is 5.86. The third-order valence-corrected chi connectivity index (χ3v) is 3.28. The lowest BCUT2D eigenvalue weighted by atomic mass is 10.2. The molecule has 0 spiro atoms. The lowest BCUT2D eigenvalue weighted by Gasteiger charge is -2.14. The lowest BCUT2D eigenvalue weighted by Crippen LogP contribution is -2.05. The van der Waals surface area contributed by atoms with E-state index in [1.54, 1.807) is 6.07 Å². The highest BCUT2D eigenvalue weighted by molar-refractivity contribution is 14.1. The first kappa shape index (κ1) is 14.9. The summed E-state index contributed by atoms with van der Waals surface area (Å²) < 4.78 is 54.9. The van der Waals surface area contributed by atoms with E-state index in [1.807, 2.05) is 22.6 Å². The standard InChI is InChI=1S/C13H9F4IN2/c1-19-12-9(16)5-8(15)11(17)13(12)20-10-3-2-6(18)4-7(10)14/h2-5,19-20H,1H3.